The van der Waals surface area contributed by atoms with Crippen LogP contribution in [0.3, 0.4) is 0 Å². The summed E-state index contributed by atoms with van der Waals surface area (Å²) in [5.74, 6) is -0.413. The first-order chi connectivity index (χ1) is 15.0. The average Bonchev–Trinajstić information content (AvgIpc) is 3.46. The minimum atomic E-state index is -3.78. The highest BCUT2D eigenvalue weighted by Crippen LogP contribution is 2.20. The maximum absolute atomic E-state index is 12.9. The Morgan fingerprint density at radius 3 is 2.35 bits per heavy atom. The van der Waals surface area contributed by atoms with Crippen LogP contribution in [0, 0.1) is 0 Å². The van der Waals surface area contributed by atoms with Gasteiger partial charge in [0.05, 0.1) is 18.1 Å². The summed E-state index contributed by atoms with van der Waals surface area (Å²) in [5.41, 5.74) is 0.619. The molecule has 0 aliphatic carbocycles. The lowest BCUT2D eigenvalue weighted by atomic mass is 10.2. The van der Waals surface area contributed by atoms with Crippen molar-refractivity contribution in [3.63, 3.8) is 0 Å². The van der Waals surface area contributed by atoms with Crippen LogP contribution in [0.1, 0.15) is 10.4 Å². The lowest BCUT2D eigenvalue weighted by Gasteiger charge is -2.21. The Morgan fingerprint density at radius 2 is 1.77 bits per heavy atom. The highest BCUT2D eigenvalue weighted by Gasteiger charge is 2.24. The molecule has 3 aromatic rings. The van der Waals surface area contributed by atoms with Gasteiger partial charge in [0.1, 0.15) is 0 Å². The van der Waals surface area contributed by atoms with Gasteiger partial charge < -0.3 is 13.9 Å². The third-order valence-corrected chi connectivity index (χ3v) is 6.49. The van der Waals surface area contributed by atoms with E-state index in [0.29, 0.717) is 5.69 Å². The number of carbonyl (C=O) groups excluding carboxylic acids is 1. The van der Waals surface area contributed by atoms with E-state index in [1.54, 1.807) is 5.38 Å². The highest BCUT2D eigenvalue weighted by atomic mass is 32.2. The van der Waals surface area contributed by atoms with Gasteiger partial charge in [-0.1, -0.05) is 9.59 Å². The van der Waals surface area contributed by atoms with E-state index in [4.69, 9.17) is 13.9 Å². The molecule has 2 aromatic heterocycles. The van der Waals surface area contributed by atoms with Gasteiger partial charge in [-0.05, 0) is 35.8 Å². The fourth-order valence-electron chi connectivity index (χ4n) is 2.47. The Hall–Kier alpha value is -2.78. The molecule has 31 heavy (non-hydrogen) atoms. The van der Waals surface area contributed by atoms with Crippen molar-refractivity contribution in [3.05, 3.63) is 35.2 Å². The van der Waals surface area contributed by atoms with Gasteiger partial charge in [-0.15, -0.1) is 10.2 Å². The van der Waals surface area contributed by atoms with Crippen molar-refractivity contribution in [1.29, 1.82) is 0 Å². The standard InChI is InChI=1S/C17H20N6O6S2/c1-27-9-7-23(8-10-28-2)31(25,26)13-5-3-12(4-6-13)15(24)18-17-21-20-16(29-17)14-11-30-22-19-14/h3-6,11H,7-10H2,1-2H3,(H,18,21,24). The maximum Gasteiger partial charge on any atom is 0.322 e. The van der Waals surface area contributed by atoms with E-state index in [0.717, 1.165) is 11.5 Å². The molecule has 1 amide bonds. The molecule has 1 aromatic carbocycles. The molecule has 0 fully saturated rings. The maximum atomic E-state index is 12.9. The van der Waals surface area contributed by atoms with Gasteiger partial charge in [0.25, 0.3) is 11.8 Å². The lowest BCUT2D eigenvalue weighted by molar-refractivity contribution is 0.102. The number of rotatable bonds is 11. The number of anilines is 1. The van der Waals surface area contributed by atoms with Gasteiger partial charge in [0, 0.05) is 38.3 Å². The number of nitrogens with zero attached hydrogens (tertiary/aromatic N) is 5. The fraction of sp³-hybridized carbons (Fsp3) is 0.353. The van der Waals surface area contributed by atoms with E-state index in [-0.39, 0.29) is 48.7 Å². The molecule has 0 radical (unpaired) electrons. The Labute approximate surface area is 182 Å². The van der Waals surface area contributed by atoms with Crippen LogP contribution in [-0.4, -0.2) is 78.9 Å². The zero-order valence-electron chi connectivity index (χ0n) is 16.7. The number of amides is 1. The van der Waals surface area contributed by atoms with Crippen LogP contribution < -0.4 is 5.32 Å². The van der Waals surface area contributed by atoms with Crippen LogP contribution in [0.4, 0.5) is 6.01 Å². The summed E-state index contributed by atoms with van der Waals surface area (Å²) in [4.78, 5) is 12.5. The predicted molar refractivity (Wildman–Crippen MR) is 110 cm³/mol. The number of sulfonamides is 1. The number of ether oxygens (including phenoxy) is 2. The van der Waals surface area contributed by atoms with E-state index in [1.165, 1.54) is 42.8 Å². The molecule has 0 aliphatic rings. The summed E-state index contributed by atoms with van der Waals surface area (Å²) in [6, 6.07) is 5.40. The van der Waals surface area contributed by atoms with Crippen LogP contribution in [0.2, 0.25) is 0 Å². The molecule has 0 unspecified atom stereocenters. The van der Waals surface area contributed by atoms with Crippen molar-refractivity contribution >= 4 is 33.5 Å². The molecular formula is C17H20N6O6S2. The molecule has 2 heterocycles. The van der Waals surface area contributed by atoms with Crippen molar-refractivity contribution in [2.75, 3.05) is 45.8 Å². The molecular weight excluding hydrogens is 448 g/mol. The van der Waals surface area contributed by atoms with Gasteiger partial charge in [0.15, 0.2) is 5.69 Å². The van der Waals surface area contributed by atoms with E-state index in [1.807, 2.05) is 0 Å². The van der Waals surface area contributed by atoms with Crippen LogP contribution in [-0.2, 0) is 19.5 Å². The molecule has 1 N–H and O–H groups in total. The Balaban J connectivity index is 1.70. The third-order valence-electron chi connectivity index (χ3n) is 4.07. The number of hydrogen-bond acceptors (Lipinski definition) is 11. The summed E-state index contributed by atoms with van der Waals surface area (Å²) < 4.78 is 46.1. The van der Waals surface area contributed by atoms with Crippen molar-refractivity contribution in [1.82, 2.24) is 24.1 Å². The first-order valence-electron chi connectivity index (χ1n) is 8.96. The van der Waals surface area contributed by atoms with Crippen LogP contribution in [0.15, 0.2) is 39.0 Å². The second-order valence-corrected chi connectivity index (χ2v) is 8.62. The monoisotopic (exact) mass is 468 g/mol. The predicted octanol–water partition coefficient (Wildman–Crippen LogP) is 1.12. The second-order valence-electron chi connectivity index (χ2n) is 6.07. The van der Waals surface area contributed by atoms with Gasteiger partial charge in [-0.25, -0.2) is 8.42 Å². The number of benzene rings is 1. The number of nitrogens with one attached hydrogen (secondary N) is 1. The number of carbonyl (C=O) groups is 1. The SMILES string of the molecule is COCCN(CCOC)S(=O)(=O)c1ccc(C(=O)Nc2nnc(-c3csnn3)o2)cc1. The number of methoxy groups -OCH3 is 2. The zero-order valence-corrected chi connectivity index (χ0v) is 18.4. The third kappa shape index (κ3) is 5.68. The van der Waals surface area contributed by atoms with Gasteiger partial charge in [-0.2, -0.15) is 4.31 Å². The molecule has 0 saturated heterocycles. The van der Waals surface area contributed by atoms with E-state index < -0.39 is 15.9 Å². The average molecular weight is 469 g/mol. The number of hydrogen-bond donors (Lipinski definition) is 1. The summed E-state index contributed by atoms with van der Waals surface area (Å²) in [6.07, 6.45) is 0. The molecule has 0 saturated carbocycles. The minimum Gasteiger partial charge on any atom is -0.401 e. The lowest BCUT2D eigenvalue weighted by Crippen LogP contribution is -2.36. The summed E-state index contributed by atoms with van der Waals surface area (Å²) in [6.45, 7) is 0.843. The normalized spacial score (nSPS) is 11.7. The highest BCUT2D eigenvalue weighted by molar-refractivity contribution is 7.89. The van der Waals surface area contributed by atoms with Crippen LogP contribution >= 0.6 is 11.5 Å². The molecule has 166 valence electrons. The summed E-state index contributed by atoms with van der Waals surface area (Å²) in [7, 11) is -0.790. The Morgan fingerprint density at radius 1 is 1.10 bits per heavy atom. The zero-order chi connectivity index (χ0) is 22.3. The molecule has 0 aliphatic heterocycles. The molecule has 0 spiro atoms. The van der Waals surface area contributed by atoms with Crippen molar-refractivity contribution in [3.8, 4) is 11.6 Å². The largest absolute Gasteiger partial charge is 0.401 e. The first-order valence-corrected chi connectivity index (χ1v) is 11.2. The molecule has 12 nitrogen and oxygen atoms in total. The minimum absolute atomic E-state index is 0.0485. The fourth-order valence-corrected chi connectivity index (χ4v) is 4.31. The van der Waals surface area contributed by atoms with Crippen molar-refractivity contribution in [2.24, 2.45) is 0 Å². The van der Waals surface area contributed by atoms with E-state index in [2.05, 4.69) is 25.1 Å². The quantitative estimate of drug-likeness (QED) is 0.434. The molecule has 0 bridgehead atoms. The smallest absolute Gasteiger partial charge is 0.322 e. The van der Waals surface area contributed by atoms with E-state index >= 15 is 0 Å². The van der Waals surface area contributed by atoms with Crippen molar-refractivity contribution < 1.29 is 27.1 Å². The Bertz CT molecular complexity index is 1080. The number of aromatic nitrogens is 4. The second kappa shape index (κ2) is 10.5. The topological polar surface area (TPSA) is 150 Å². The van der Waals surface area contributed by atoms with Crippen LogP contribution in [0.5, 0.6) is 0 Å². The van der Waals surface area contributed by atoms with Crippen molar-refractivity contribution in [2.45, 2.75) is 4.90 Å². The summed E-state index contributed by atoms with van der Waals surface area (Å²) in [5, 5.41) is 15.4. The molecule has 0 atom stereocenters. The van der Waals surface area contributed by atoms with E-state index in [9.17, 15) is 13.2 Å². The van der Waals surface area contributed by atoms with Gasteiger partial charge in [-0.3, -0.25) is 10.1 Å². The Kier molecular flexibility index (Phi) is 7.75. The van der Waals surface area contributed by atoms with Gasteiger partial charge in [0.2, 0.25) is 10.0 Å². The molecule has 3 rings (SSSR count). The molecule has 14 heteroatoms. The summed E-state index contributed by atoms with van der Waals surface area (Å²) >= 11 is 1.13. The first kappa shape index (κ1) is 22.9. The van der Waals surface area contributed by atoms with Crippen LogP contribution in [0.25, 0.3) is 11.6 Å². The van der Waals surface area contributed by atoms with Gasteiger partial charge >= 0.3 is 6.01 Å².